The van der Waals surface area contributed by atoms with E-state index < -0.39 is 15.6 Å². The van der Waals surface area contributed by atoms with Gasteiger partial charge in [-0.15, -0.1) is 0 Å². The molecule has 0 amide bonds. The minimum Gasteiger partial charge on any atom is -0.386 e. The second kappa shape index (κ2) is 3.87. The van der Waals surface area contributed by atoms with E-state index in [4.69, 9.17) is 11.1 Å². The van der Waals surface area contributed by atoms with Gasteiger partial charge < -0.3 is 5.73 Å². The topological polar surface area (TPSA) is 125 Å². The van der Waals surface area contributed by atoms with Crippen molar-refractivity contribution in [3.05, 3.63) is 11.9 Å². The largest absolute Gasteiger partial charge is 0.386 e. The Morgan fingerprint density at radius 2 is 2.19 bits per heavy atom. The second-order valence-corrected chi connectivity index (χ2v) is 5.65. The fourth-order valence-electron chi connectivity index (χ4n) is 1.06. The van der Waals surface area contributed by atoms with E-state index >= 15 is 0 Å². The molecule has 0 fully saturated rings. The van der Waals surface area contributed by atoms with Crippen molar-refractivity contribution in [2.75, 3.05) is 0 Å². The molecule has 0 aromatic carbocycles. The molecule has 0 radical (unpaired) electrons. The molecule has 0 atom stereocenters. The zero-order valence-corrected chi connectivity index (χ0v) is 10.1. The van der Waals surface area contributed by atoms with Gasteiger partial charge in [0, 0.05) is 0 Å². The molecule has 1 heterocycles. The van der Waals surface area contributed by atoms with Crippen LogP contribution in [0.25, 0.3) is 0 Å². The van der Waals surface area contributed by atoms with Gasteiger partial charge in [-0.2, -0.15) is 9.82 Å². The zero-order chi connectivity index (χ0) is 12.6. The van der Waals surface area contributed by atoms with Gasteiger partial charge >= 0.3 is 0 Å². The Hall–Kier alpha value is -1.41. The minimum atomic E-state index is -3.71. The number of aryl methyl sites for hydroxylation is 1. The number of aromatic nitrogens is 2. The molecular weight excluding hydrogens is 230 g/mol. The zero-order valence-electron chi connectivity index (χ0n) is 9.33. The first kappa shape index (κ1) is 12.7. The van der Waals surface area contributed by atoms with Crippen molar-refractivity contribution in [3.8, 4) is 0 Å². The monoisotopic (exact) mass is 245 g/mol. The average molecular weight is 245 g/mol. The van der Waals surface area contributed by atoms with Gasteiger partial charge in [0.15, 0.2) is 0 Å². The number of nitrogens with zero attached hydrogens (tertiary/aromatic N) is 1. The molecule has 90 valence electrons. The number of aromatic amines is 1. The van der Waals surface area contributed by atoms with Crippen molar-refractivity contribution < 1.29 is 8.42 Å². The number of nitrogens with two attached hydrogens (primary N) is 1. The van der Waals surface area contributed by atoms with Gasteiger partial charge in [-0.3, -0.25) is 10.5 Å². The molecule has 5 N–H and O–H groups in total. The van der Waals surface area contributed by atoms with E-state index in [0.717, 1.165) is 0 Å². The predicted molar refractivity (Wildman–Crippen MR) is 59.6 cm³/mol. The molecule has 0 saturated carbocycles. The number of sulfonamides is 1. The van der Waals surface area contributed by atoms with Crippen LogP contribution in [0.15, 0.2) is 11.1 Å². The first-order chi connectivity index (χ1) is 7.17. The predicted octanol–water partition coefficient (Wildman–Crippen LogP) is -0.289. The SMILES string of the molecule is Cc1[nH]ncc1S(=O)(=O)NC(C)(C)C(=N)N. The summed E-state index contributed by atoms with van der Waals surface area (Å²) in [4.78, 5) is 0.0572. The molecule has 7 nitrogen and oxygen atoms in total. The van der Waals surface area contributed by atoms with E-state index in [2.05, 4.69) is 14.9 Å². The van der Waals surface area contributed by atoms with Gasteiger partial charge in [-0.05, 0) is 20.8 Å². The third-order valence-corrected chi connectivity index (χ3v) is 3.91. The van der Waals surface area contributed by atoms with E-state index in [1.165, 1.54) is 20.0 Å². The summed E-state index contributed by atoms with van der Waals surface area (Å²) in [6.45, 7) is 4.63. The van der Waals surface area contributed by atoms with Gasteiger partial charge in [0.2, 0.25) is 10.0 Å². The Morgan fingerprint density at radius 1 is 1.62 bits per heavy atom. The molecular formula is C8H15N5O2S. The van der Waals surface area contributed by atoms with Gasteiger partial charge in [-0.25, -0.2) is 8.42 Å². The maximum Gasteiger partial charge on any atom is 0.244 e. The number of nitrogens with one attached hydrogen (secondary N) is 3. The first-order valence-corrected chi connectivity index (χ1v) is 6.03. The molecule has 0 bridgehead atoms. The summed E-state index contributed by atoms with van der Waals surface area (Å²) < 4.78 is 26.2. The van der Waals surface area contributed by atoms with Crippen molar-refractivity contribution in [1.82, 2.24) is 14.9 Å². The summed E-state index contributed by atoms with van der Waals surface area (Å²) in [5, 5.41) is 13.5. The van der Waals surface area contributed by atoms with Crippen LogP contribution in [0, 0.1) is 12.3 Å². The van der Waals surface area contributed by atoms with Crippen LogP contribution in [-0.2, 0) is 10.0 Å². The van der Waals surface area contributed by atoms with Crippen LogP contribution in [0.2, 0.25) is 0 Å². The van der Waals surface area contributed by atoms with Crippen LogP contribution in [0.5, 0.6) is 0 Å². The number of amidine groups is 1. The molecule has 16 heavy (non-hydrogen) atoms. The Balaban J connectivity index is 3.07. The molecule has 0 unspecified atom stereocenters. The van der Waals surface area contributed by atoms with Gasteiger partial charge in [0.1, 0.15) is 10.7 Å². The lowest BCUT2D eigenvalue weighted by Gasteiger charge is -2.23. The molecule has 0 saturated heterocycles. The van der Waals surface area contributed by atoms with Crippen LogP contribution in [-0.4, -0.2) is 30.0 Å². The summed E-state index contributed by atoms with van der Waals surface area (Å²) in [6.07, 6.45) is 1.22. The molecule has 1 aromatic heterocycles. The normalized spacial score (nSPS) is 12.7. The molecule has 0 aliphatic heterocycles. The molecule has 8 heteroatoms. The van der Waals surface area contributed by atoms with Crippen molar-refractivity contribution in [2.45, 2.75) is 31.2 Å². The molecule has 0 aliphatic rings. The van der Waals surface area contributed by atoms with Crippen molar-refractivity contribution >= 4 is 15.9 Å². The van der Waals surface area contributed by atoms with Crippen molar-refractivity contribution in [2.24, 2.45) is 5.73 Å². The minimum absolute atomic E-state index is 0.0572. The summed E-state index contributed by atoms with van der Waals surface area (Å²) >= 11 is 0. The summed E-state index contributed by atoms with van der Waals surface area (Å²) in [7, 11) is -3.71. The highest BCUT2D eigenvalue weighted by Gasteiger charge is 2.30. The lowest BCUT2D eigenvalue weighted by molar-refractivity contribution is 0.541. The Bertz CT molecular complexity index is 502. The van der Waals surface area contributed by atoms with Crippen LogP contribution < -0.4 is 10.5 Å². The smallest absolute Gasteiger partial charge is 0.244 e. The Kier molecular flexibility index (Phi) is 3.06. The third kappa shape index (κ3) is 2.39. The maximum absolute atomic E-state index is 11.9. The number of H-pyrrole nitrogens is 1. The fraction of sp³-hybridized carbons (Fsp3) is 0.500. The van der Waals surface area contributed by atoms with E-state index in [0.29, 0.717) is 5.69 Å². The number of hydrogen-bond donors (Lipinski definition) is 4. The fourth-order valence-corrected chi connectivity index (χ4v) is 2.59. The van der Waals surface area contributed by atoms with Gasteiger partial charge in [0.05, 0.1) is 17.4 Å². The first-order valence-electron chi connectivity index (χ1n) is 4.55. The van der Waals surface area contributed by atoms with E-state index in [9.17, 15) is 8.42 Å². The van der Waals surface area contributed by atoms with Crippen molar-refractivity contribution in [1.29, 1.82) is 5.41 Å². The molecule has 0 aliphatic carbocycles. The molecule has 1 rings (SSSR count). The highest BCUT2D eigenvalue weighted by molar-refractivity contribution is 7.89. The summed E-state index contributed by atoms with van der Waals surface area (Å²) in [5.74, 6) is -0.253. The van der Waals surface area contributed by atoms with Gasteiger partial charge in [0.25, 0.3) is 0 Å². The standard InChI is InChI=1S/C8H15N5O2S/c1-5-6(4-11-12-5)16(14,15)13-8(2,3)7(9)10/h4,13H,1-3H3,(H3,9,10)(H,11,12). The van der Waals surface area contributed by atoms with Gasteiger partial charge in [-0.1, -0.05) is 0 Å². The lowest BCUT2D eigenvalue weighted by atomic mass is 10.1. The highest BCUT2D eigenvalue weighted by atomic mass is 32.2. The average Bonchev–Trinajstić information content (AvgIpc) is 2.49. The summed E-state index contributed by atoms with van der Waals surface area (Å²) in [6, 6.07) is 0. The second-order valence-electron chi connectivity index (χ2n) is 4.00. The van der Waals surface area contributed by atoms with E-state index in [1.807, 2.05) is 0 Å². The van der Waals surface area contributed by atoms with E-state index in [-0.39, 0.29) is 10.7 Å². The van der Waals surface area contributed by atoms with Crippen LogP contribution in [0.1, 0.15) is 19.5 Å². The van der Waals surface area contributed by atoms with Crippen LogP contribution in [0.3, 0.4) is 0 Å². The Morgan fingerprint density at radius 3 is 2.56 bits per heavy atom. The van der Waals surface area contributed by atoms with Crippen LogP contribution in [0.4, 0.5) is 0 Å². The summed E-state index contributed by atoms with van der Waals surface area (Å²) in [5.41, 5.74) is 4.62. The van der Waals surface area contributed by atoms with Crippen molar-refractivity contribution in [3.63, 3.8) is 0 Å². The quantitative estimate of drug-likeness (QED) is 0.429. The maximum atomic E-state index is 11.9. The number of rotatable bonds is 4. The number of hydrogen-bond acceptors (Lipinski definition) is 4. The Labute approximate surface area is 94.0 Å². The lowest BCUT2D eigenvalue weighted by Crippen LogP contribution is -2.52. The molecule has 1 aromatic rings. The van der Waals surface area contributed by atoms with Crippen LogP contribution >= 0.6 is 0 Å². The van der Waals surface area contributed by atoms with E-state index in [1.54, 1.807) is 6.92 Å². The third-order valence-electron chi connectivity index (χ3n) is 2.14. The molecule has 0 spiro atoms. The highest BCUT2D eigenvalue weighted by Crippen LogP contribution is 2.14.